The first-order chi connectivity index (χ1) is 15.0. The lowest BCUT2D eigenvalue weighted by atomic mass is 9.76. The number of phenols is 1. The van der Waals surface area contributed by atoms with E-state index in [9.17, 15) is 18.3 Å². The van der Waals surface area contributed by atoms with Gasteiger partial charge in [0.15, 0.2) is 11.6 Å². The van der Waals surface area contributed by atoms with E-state index in [1.54, 1.807) is 24.3 Å². The molecule has 0 spiro atoms. The predicted octanol–water partition coefficient (Wildman–Crippen LogP) is 7.87. The van der Waals surface area contributed by atoms with Gasteiger partial charge in [0, 0.05) is 11.1 Å². The van der Waals surface area contributed by atoms with Gasteiger partial charge >= 0.3 is 0 Å². The fraction of sp³-hybridized carbons (Fsp3) is 0.333. The van der Waals surface area contributed by atoms with Gasteiger partial charge in [0.05, 0.1) is 0 Å². The highest BCUT2D eigenvalue weighted by Crippen LogP contribution is 2.41. The van der Waals surface area contributed by atoms with Crippen LogP contribution in [0.1, 0.15) is 67.6 Å². The average Bonchev–Trinajstić information content (AvgIpc) is 2.78. The minimum absolute atomic E-state index is 0.0301. The number of hydrogen-bond acceptors (Lipinski definition) is 1. The van der Waals surface area contributed by atoms with Crippen molar-refractivity contribution in [3.05, 3.63) is 88.7 Å². The van der Waals surface area contributed by atoms with Crippen LogP contribution < -0.4 is 0 Å². The molecule has 162 valence electrons. The van der Waals surface area contributed by atoms with Gasteiger partial charge in [0.2, 0.25) is 0 Å². The molecule has 0 heterocycles. The van der Waals surface area contributed by atoms with Gasteiger partial charge in [-0.25, -0.2) is 13.2 Å². The Hall–Kier alpha value is -2.75. The number of benzene rings is 3. The first-order valence-electron chi connectivity index (χ1n) is 11.0. The van der Waals surface area contributed by atoms with E-state index in [4.69, 9.17) is 0 Å². The van der Waals surface area contributed by atoms with Gasteiger partial charge in [-0.2, -0.15) is 0 Å². The fourth-order valence-electron chi connectivity index (χ4n) is 4.77. The van der Waals surface area contributed by atoms with Crippen LogP contribution in [0.3, 0.4) is 0 Å². The summed E-state index contributed by atoms with van der Waals surface area (Å²) in [6.45, 7) is 1.90. The Kier molecular flexibility index (Phi) is 6.35. The van der Waals surface area contributed by atoms with E-state index >= 15 is 0 Å². The summed E-state index contributed by atoms with van der Waals surface area (Å²) in [5, 5.41) is 9.47. The molecule has 4 rings (SSSR count). The molecule has 1 aliphatic rings. The molecule has 3 aromatic rings. The van der Waals surface area contributed by atoms with Crippen LogP contribution in [-0.2, 0) is 6.42 Å². The number of aromatic hydroxyl groups is 1. The molecule has 1 aliphatic carbocycles. The molecule has 0 radical (unpaired) electrons. The summed E-state index contributed by atoms with van der Waals surface area (Å²) < 4.78 is 43.8. The van der Waals surface area contributed by atoms with Crippen molar-refractivity contribution in [3.8, 4) is 16.9 Å². The van der Waals surface area contributed by atoms with Crippen LogP contribution in [-0.4, -0.2) is 5.11 Å². The highest BCUT2D eigenvalue weighted by Gasteiger charge is 2.25. The highest BCUT2D eigenvalue weighted by molar-refractivity contribution is 5.66. The quantitative estimate of drug-likeness (QED) is 0.442. The van der Waals surface area contributed by atoms with Gasteiger partial charge in [-0.05, 0) is 78.8 Å². The molecule has 0 bridgehead atoms. The van der Waals surface area contributed by atoms with Crippen LogP contribution >= 0.6 is 0 Å². The Morgan fingerprint density at radius 2 is 1.32 bits per heavy atom. The van der Waals surface area contributed by atoms with E-state index in [1.807, 2.05) is 25.1 Å². The summed E-state index contributed by atoms with van der Waals surface area (Å²) in [6, 6.07) is 15.3. The van der Waals surface area contributed by atoms with Crippen molar-refractivity contribution in [3.63, 3.8) is 0 Å². The largest absolute Gasteiger partial charge is 0.508 e. The van der Waals surface area contributed by atoms with E-state index in [2.05, 4.69) is 0 Å². The monoisotopic (exact) mass is 424 g/mol. The molecule has 1 saturated carbocycles. The summed E-state index contributed by atoms with van der Waals surface area (Å²) in [6.07, 6.45) is 5.05. The zero-order valence-electron chi connectivity index (χ0n) is 17.7. The lowest BCUT2D eigenvalue weighted by Crippen LogP contribution is -2.12. The van der Waals surface area contributed by atoms with E-state index < -0.39 is 17.5 Å². The molecule has 1 fully saturated rings. The van der Waals surface area contributed by atoms with Gasteiger partial charge in [-0.15, -0.1) is 0 Å². The zero-order valence-corrected chi connectivity index (χ0v) is 17.7. The van der Waals surface area contributed by atoms with E-state index in [1.165, 1.54) is 17.7 Å². The average molecular weight is 425 g/mol. The standard InChI is InChI=1S/C27H27F3O/c1-2-3-20-10-15-24(27(30)26(20)29)23-14-11-21(16-25(23)28)19-6-4-17(5-7-19)18-8-12-22(31)13-9-18/h8-17,19,31H,2-7H2,1H3. The van der Waals surface area contributed by atoms with Crippen molar-refractivity contribution in [2.24, 2.45) is 0 Å². The SMILES string of the molecule is CCCc1ccc(-c2ccc(C3CCC(c4ccc(O)cc4)CC3)cc2F)c(F)c1F. The molecule has 3 aromatic carbocycles. The van der Waals surface area contributed by atoms with Gasteiger partial charge < -0.3 is 5.11 Å². The maximum absolute atomic E-state index is 14.9. The molecule has 0 amide bonds. The number of phenolic OH excluding ortho intramolecular Hbond substituents is 1. The molecule has 0 aromatic heterocycles. The van der Waals surface area contributed by atoms with Crippen molar-refractivity contribution in [2.45, 2.75) is 57.3 Å². The minimum Gasteiger partial charge on any atom is -0.508 e. The zero-order chi connectivity index (χ0) is 22.0. The lowest BCUT2D eigenvalue weighted by Gasteiger charge is -2.29. The normalized spacial score (nSPS) is 18.8. The topological polar surface area (TPSA) is 20.2 Å². The smallest absolute Gasteiger partial charge is 0.167 e. The van der Waals surface area contributed by atoms with Gasteiger partial charge in [0.1, 0.15) is 11.6 Å². The molecule has 31 heavy (non-hydrogen) atoms. The Morgan fingerprint density at radius 3 is 1.94 bits per heavy atom. The molecule has 1 N–H and O–H groups in total. The summed E-state index contributed by atoms with van der Waals surface area (Å²) in [4.78, 5) is 0. The van der Waals surface area contributed by atoms with Crippen molar-refractivity contribution < 1.29 is 18.3 Å². The van der Waals surface area contributed by atoms with Crippen LogP contribution in [0.5, 0.6) is 5.75 Å². The molecule has 1 nitrogen and oxygen atoms in total. The molecular formula is C27H27F3O. The summed E-state index contributed by atoms with van der Waals surface area (Å²) >= 11 is 0. The Labute approximate surface area is 181 Å². The van der Waals surface area contributed by atoms with E-state index in [0.717, 1.165) is 31.2 Å². The number of hydrogen-bond donors (Lipinski definition) is 1. The Bertz CT molecular complexity index is 1050. The van der Waals surface area contributed by atoms with Crippen LogP contribution in [0, 0.1) is 17.5 Å². The van der Waals surface area contributed by atoms with E-state index in [0.29, 0.717) is 24.3 Å². The number of aryl methyl sites for hydroxylation is 1. The lowest BCUT2D eigenvalue weighted by molar-refractivity contribution is 0.395. The van der Waals surface area contributed by atoms with Crippen molar-refractivity contribution in [1.82, 2.24) is 0 Å². The number of rotatable bonds is 5. The Morgan fingerprint density at radius 1 is 0.742 bits per heavy atom. The maximum Gasteiger partial charge on any atom is 0.167 e. The van der Waals surface area contributed by atoms with E-state index in [-0.39, 0.29) is 22.8 Å². The second kappa shape index (κ2) is 9.17. The number of halogens is 3. The first-order valence-corrected chi connectivity index (χ1v) is 11.0. The summed E-state index contributed by atoms with van der Waals surface area (Å²) in [5.41, 5.74) is 2.53. The molecular weight excluding hydrogens is 397 g/mol. The molecule has 0 atom stereocenters. The van der Waals surface area contributed by atoms with Gasteiger partial charge in [-0.1, -0.05) is 49.7 Å². The van der Waals surface area contributed by atoms with Crippen LogP contribution in [0.4, 0.5) is 13.2 Å². The van der Waals surface area contributed by atoms with Crippen LogP contribution in [0.2, 0.25) is 0 Å². The van der Waals surface area contributed by atoms with Crippen molar-refractivity contribution in [2.75, 3.05) is 0 Å². The fourth-order valence-corrected chi connectivity index (χ4v) is 4.77. The molecule has 4 heteroatoms. The second-order valence-corrected chi connectivity index (χ2v) is 8.53. The van der Waals surface area contributed by atoms with Crippen molar-refractivity contribution >= 4 is 0 Å². The summed E-state index contributed by atoms with van der Waals surface area (Å²) in [7, 11) is 0. The van der Waals surface area contributed by atoms with Gasteiger partial charge in [-0.3, -0.25) is 0 Å². The predicted molar refractivity (Wildman–Crippen MR) is 118 cm³/mol. The van der Waals surface area contributed by atoms with Crippen molar-refractivity contribution in [1.29, 1.82) is 0 Å². The Balaban J connectivity index is 1.50. The minimum atomic E-state index is -0.980. The highest BCUT2D eigenvalue weighted by atomic mass is 19.2. The molecule has 0 unspecified atom stereocenters. The second-order valence-electron chi connectivity index (χ2n) is 8.53. The third-order valence-corrected chi connectivity index (χ3v) is 6.53. The molecule has 0 saturated heterocycles. The summed E-state index contributed by atoms with van der Waals surface area (Å²) in [5.74, 6) is -1.41. The van der Waals surface area contributed by atoms with Crippen LogP contribution in [0.25, 0.3) is 11.1 Å². The third kappa shape index (κ3) is 4.48. The van der Waals surface area contributed by atoms with Gasteiger partial charge in [0.25, 0.3) is 0 Å². The first kappa shape index (κ1) is 21.5. The maximum atomic E-state index is 14.9. The third-order valence-electron chi connectivity index (χ3n) is 6.53. The van der Waals surface area contributed by atoms with Crippen LogP contribution in [0.15, 0.2) is 54.6 Å². The molecule has 0 aliphatic heterocycles.